The molecule has 40 heavy (non-hydrogen) atoms. The number of aromatic nitrogens is 4. The molecule has 208 valence electrons. The molecule has 0 bridgehead atoms. The van der Waals surface area contributed by atoms with Gasteiger partial charge in [0.25, 0.3) is 5.92 Å². The van der Waals surface area contributed by atoms with Crippen molar-refractivity contribution in [3.05, 3.63) is 60.0 Å². The zero-order valence-corrected chi connectivity index (χ0v) is 23.3. The largest absolute Gasteiger partial charge is 0.457 e. The molecule has 0 spiro atoms. The Morgan fingerprint density at radius 1 is 1.15 bits per heavy atom. The molecular weight excluding hydrogens is 512 g/mol. The second kappa shape index (κ2) is 11.1. The molecule has 1 aliphatic heterocycles. The molecule has 8 nitrogen and oxygen atoms in total. The minimum absolute atomic E-state index is 0.183. The number of nitrogens with zero attached hydrogens (tertiary/aromatic N) is 6. The number of anilines is 3. The van der Waals surface area contributed by atoms with Crippen LogP contribution in [-0.2, 0) is 0 Å². The van der Waals surface area contributed by atoms with E-state index in [-0.39, 0.29) is 12.5 Å². The Morgan fingerprint density at radius 2 is 1.98 bits per heavy atom. The van der Waals surface area contributed by atoms with E-state index in [4.69, 9.17) is 4.74 Å². The monoisotopic (exact) mass is 545 g/mol. The molecule has 10 heteroatoms. The molecule has 4 aromatic rings. The second-order valence-corrected chi connectivity index (χ2v) is 10.5. The number of ether oxygens (including phenoxy) is 1. The van der Waals surface area contributed by atoms with Gasteiger partial charge in [-0.2, -0.15) is 0 Å². The maximum atomic E-state index is 14.1. The summed E-state index contributed by atoms with van der Waals surface area (Å²) in [6, 6.07) is 11.6. The topological polar surface area (TPSA) is 88.4 Å². The van der Waals surface area contributed by atoms with Crippen LogP contribution in [0, 0.1) is 25.7 Å². The van der Waals surface area contributed by atoms with Crippen molar-refractivity contribution in [3.63, 3.8) is 0 Å². The number of aryl methyl sites for hydroxylation is 2. The Hall–Kier alpha value is -4.21. The quantitative estimate of drug-likeness (QED) is 0.231. The van der Waals surface area contributed by atoms with Crippen LogP contribution in [0.1, 0.15) is 38.3 Å². The highest BCUT2D eigenvalue weighted by Gasteiger charge is 2.46. The molecular formula is C30H33F2N7O. The molecule has 1 fully saturated rings. The first-order chi connectivity index (χ1) is 19.1. The zero-order chi connectivity index (χ0) is 28.4. The lowest BCUT2D eigenvalue weighted by Gasteiger charge is -2.16. The fraction of sp³-hybridized carbons (Fsp3) is 0.367. The summed E-state index contributed by atoms with van der Waals surface area (Å²) in [4.78, 5) is 23.6. The van der Waals surface area contributed by atoms with Gasteiger partial charge in [0, 0.05) is 30.4 Å². The first kappa shape index (κ1) is 27.4. The van der Waals surface area contributed by atoms with Crippen LogP contribution in [0.25, 0.3) is 11.0 Å². The van der Waals surface area contributed by atoms with Crippen molar-refractivity contribution in [2.75, 3.05) is 23.3 Å². The molecule has 0 aliphatic carbocycles. The van der Waals surface area contributed by atoms with Crippen molar-refractivity contribution in [1.29, 1.82) is 0 Å². The summed E-state index contributed by atoms with van der Waals surface area (Å²) in [5.74, 6) is -1.03. The minimum atomic E-state index is -2.78. The number of nitrogens with one attached hydrogen (secondary N) is 1. The third kappa shape index (κ3) is 5.85. The molecule has 0 radical (unpaired) electrons. The maximum Gasteiger partial charge on any atom is 0.269 e. The van der Waals surface area contributed by atoms with Gasteiger partial charge in [-0.15, -0.1) is 0 Å². The predicted molar refractivity (Wildman–Crippen MR) is 155 cm³/mol. The lowest BCUT2D eigenvalue weighted by molar-refractivity contribution is -0.0138. The number of benzene rings is 2. The summed E-state index contributed by atoms with van der Waals surface area (Å²) >= 11 is 0. The van der Waals surface area contributed by atoms with Crippen molar-refractivity contribution < 1.29 is 13.5 Å². The number of aliphatic imine (C=N–C) groups is 1. The standard InChI is InChI=1S/C30H33F2N7O/c1-6-18(2)13-33-24-12-23(9-7-19(24)3)40-26-10-8-22(11-20(26)4)37-28-27-25(35-17-36-28)14-34-29(38-27)39-15-21(5)30(31,32)16-39/h7-14,17-18,21H,6,15-16H2,1-5H3,(H,35,36,37). The number of hydrogen-bond acceptors (Lipinski definition) is 8. The average molecular weight is 546 g/mol. The summed E-state index contributed by atoms with van der Waals surface area (Å²) in [6.45, 7) is 9.58. The predicted octanol–water partition coefficient (Wildman–Crippen LogP) is 7.41. The van der Waals surface area contributed by atoms with E-state index < -0.39 is 18.4 Å². The van der Waals surface area contributed by atoms with Crippen LogP contribution in [0.3, 0.4) is 0 Å². The van der Waals surface area contributed by atoms with E-state index in [0.717, 1.165) is 28.9 Å². The normalized spacial score (nSPS) is 17.5. The second-order valence-electron chi connectivity index (χ2n) is 10.5. The lowest BCUT2D eigenvalue weighted by Crippen LogP contribution is -2.27. The third-order valence-corrected chi connectivity index (χ3v) is 7.22. The smallest absolute Gasteiger partial charge is 0.269 e. The lowest BCUT2D eigenvalue weighted by atomic mass is 10.1. The first-order valence-corrected chi connectivity index (χ1v) is 13.4. The molecule has 2 unspecified atom stereocenters. The van der Waals surface area contributed by atoms with Crippen LogP contribution in [0.2, 0.25) is 0 Å². The summed E-state index contributed by atoms with van der Waals surface area (Å²) < 4.78 is 34.4. The average Bonchev–Trinajstić information content (AvgIpc) is 3.21. The fourth-order valence-corrected chi connectivity index (χ4v) is 4.39. The number of fused-ring (bicyclic) bond motifs is 1. The SMILES string of the molecule is CCC(C)C=Nc1cc(Oc2ccc(Nc3ncnc4cnc(N5CC(C)C(F)(F)C5)nc34)cc2C)ccc1C. The highest BCUT2D eigenvalue weighted by atomic mass is 19.3. The molecule has 2 atom stereocenters. The zero-order valence-electron chi connectivity index (χ0n) is 23.3. The van der Waals surface area contributed by atoms with E-state index in [1.807, 2.05) is 56.5 Å². The van der Waals surface area contributed by atoms with Crippen molar-refractivity contribution in [1.82, 2.24) is 19.9 Å². The maximum absolute atomic E-state index is 14.1. The van der Waals surface area contributed by atoms with E-state index >= 15 is 0 Å². The van der Waals surface area contributed by atoms with Crippen LogP contribution in [0.4, 0.5) is 31.9 Å². The molecule has 2 aromatic carbocycles. The van der Waals surface area contributed by atoms with Gasteiger partial charge in [-0.3, -0.25) is 4.99 Å². The molecule has 1 saturated heterocycles. The van der Waals surface area contributed by atoms with E-state index in [0.29, 0.717) is 34.3 Å². The minimum Gasteiger partial charge on any atom is -0.457 e. The number of alkyl halides is 2. The van der Waals surface area contributed by atoms with Crippen LogP contribution in [0.15, 0.2) is 53.9 Å². The van der Waals surface area contributed by atoms with Gasteiger partial charge in [0.1, 0.15) is 28.9 Å². The molecule has 0 amide bonds. The number of halogens is 2. The van der Waals surface area contributed by atoms with E-state index in [1.54, 1.807) is 0 Å². The van der Waals surface area contributed by atoms with Gasteiger partial charge in [-0.1, -0.05) is 26.8 Å². The number of rotatable bonds is 8. The van der Waals surface area contributed by atoms with E-state index in [9.17, 15) is 8.78 Å². The van der Waals surface area contributed by atoms with Crippen molar-refractivity contribution in [2.45, 2.75) is 47.0 Å². The Bertz CT molecular complexity index is 1560. The van der Waals surface area contributed by atoms with E-state index in [1.165, 1.54) is 24.3 Å². The van der Waals surface area contributed by atoms with Gasteiger partial charge in [-0.25, -0.2) is 28.7 Å². The van der Waals surface area contributed by atoms with Gasteiger partial charge in [0.05, 0.1) is 18.4 Å². The van der Waals surface area contributed by atoms with Crippen molar-refractivity contribution in [3.8, 4) is 11.5 Å². The molecule has 2 aromatic heterocycles. The highest BCUT2D eigenvalue weighted by Crippen LogP contribution is 2.35. The van der Waals surface area contributed by atoms with Crippen LogP contribution >= 0.6 is 0 Å². The fourth-order valence-electron chi connectivity index (χ4n) is 4.39. The van der Waals surface area contributed by atoms with Gasteiger partial charge in [-0.05, 0) is 61.6 Å². The van der Waals surface area contributed by atoms with Gasteiger partial charge in [0.15, 0.2) is 5.82 Å². The number of hydrogen-bond donors (Lipinski definition) is 1. The highest BCUT2D eigenvalue weighted by molar-refractivity contribution is 5.87. The van der Waals surface area contributed by atoms with Crippen LogP contribution in [-0.4, -0.2) is 45.2 Å². The van der Waals surface area contributed by atoms with Gasteiger partial charge < -0.3 is 15.0 Å². The van der Waals surface area contributed by atoms with Gasteiger partial charge >= 0.3 is 0 Å². The summed E-state index contributed by atoms with van der Waals surface area (Å²) in [7, 11) is 0. The summed E-state index contributed by atoms with van der Waals surface area (Å²) in [6.07, 6.45) is 5.97. The first-order valence-electron chi connectivity index (χ1n) is 13.4. The molecule has 1 N–H and O–H groups in total. The third-order valence-electron chi connectivity index (χ3n) is 7.22. The van der Waals surface area contributed by atoms with Gasteiger partial charge in [0.2, 0.25) is 5.95 Å². The summed E-state index contributed by atoms with van der Waals surface area (Å²) in [5.41, 5.74) is 4.63. The van der Waals surface area contributed by atoms with Crippen molar-refractivity contribution in [2.24, 2.45) is 16.8 Å². The molecule has 3 heterocycles. The van der Waals surface area contributed by atoms with Crippen molar-refractivity contribution >= 4 is 40.4 Å². The molecule has 0 saturated carbocycles. The Kier molecular flexibility index (Phi) is 7.60. The van der Waals surface area contributed by atoms with Crippen LogP contribution in [0.5, 0.6) is 11.5 Å². The summed E-state index contributed by atoms with van der Waals surface area (Å²) in [5, 5.41) is 3.29. The Balaban J connectivity index is 1.35. The Morgan fingerprint density at radius 3 is 2.70 bits per heavy atom. The van der Waals surface area contributed by atoms with E-state index in [2.05, 4.69) is 44.1 Å². The Labute approximate surface area is 232 Å². The van der Waals surface area contributed by atoms with Crippen LogP contribution < -0.4 is 15.0 Å². The molecule has 1 aliphatic rings. The molecule has 5 rings (SSSR count).